The number of nitrogens with zero attached hydrogens (tertiary/aromatic N) is 4. The monoisotopic (exact) mass is 930 g/mol. The number of nitro benzene ring substituents is 3. The molecule has 0 aliphatic heterocycles. The van der Waals surface area contributed by atoms with Gasteiger partial charge in [-0.1, -0.05) is 12.1 Å². The molecule has 16 nitrogen and oxygen atoms in total. The third-order valence-corrected chi connectivity index (χ3v) is 7.61. The quantitative estimate of drug-likeness (QED) is 0.0562. The highest BCUT2D eigenvalue weighted by atomic mass is 19.4. The standard InChI is InChI=1S/C10H9F3N2O3.C10H11F3N2O.C8H7F3N2O2.C8H3F3N2O2/c1-6(16)14-5-7-2-3-8(10(11,12)13)4-9(7)15(17)18;1-6(16)15-5-7-2-3-8(4-9(7)14)10(11,12)13;2*9-8(10,11)6-2-1-5(4-12)7(3-6)13(14)15/h2-4H,5H2,1H3,(H,14,16);2-4H,5,14H2,1H3,(H,15,16);1-3H,4,12H2;1-3H. The first-order valence-corrected chi connectivity index (χ1v) is 16.8. The van der Waals surface area contributed by atoms with Crippen LogP contribution in [0, 0.1) is 41.7 Å². The highest BCUT2D eigenvalue weighted by molar-refractivity contribution is 5.73. The Kier molecular flexibility index (Phi) is 19.1. The summed E-state index contributed by atoms with van der Waals surface area (Å²) in [5, 5.41) is 44.6. The summed E-state index contributed by atoms with van der Waals surface area (Å²) >= 11 is 0. The molecular formula is C36H30F12N8O8. The van der Waals surface area contributed by atoms with Crippen molar-refractivity contribution in [2.24, 2.45) is 5.73 Å². The van der Waals surface area contributed by atoms with E-state index in [2.05, 4.69) is 10.6 Å². The number of nitro groups is 3. The first-order chi connectivity index (χ1) is 29.2. The van der Waals surface area contributed by atoms with Gasteiger partial charge < -0.3 is 22.1 Å². The molecule has 0 atom stereocenters. The van der Waals surface area contributed by atoms with E-state index >= 15 is 0 Å². The summed E-state index contributed by atoms with van der Waals surface area (Å²) < 4.78 is 147. The van der Waals surface area contributed by atoms with Crippen molar-refractivity contribution in [2.75, 3.05) is 5.73 Å². The molecule has 0 fully saturated rings. The zero-order valence-electron chi connectivity index (χ0n) is 32.3. The lowest BCUT2D eigenvalue weighted by Gasteiger charge is -2.10. The fraction of sp³-hybridized carbons (Fsp3) is 0.250. The van der Waals surface area contributed by atoms with Gasteiger partial charge in [-0.2, -0.15) is 57.9 Å². The summed E-state index contributed by atoms with van der Waals surface area (Å²) in [5.41, 5.74) is 4.59. The number of nitrogens with one attached hydrogen (secondary N) is 2. The molecule has 6 N–H and O–H groups in total. The summed E-state index contributed by atoms with van der Waals surface area (Å²) in [6, 6.07) is 10.7. The van der Waals surface area contributed by atoms with Crippen LogP contribution in [0.3, 0.4) is 0 Å². The van der Waals surface area contributed by atoms with Crippen LogP contribution in [0.5, 0.6) is 0 Å². The molecule has 64 heavy (non-hydrogen) atoms. The summed E-state index contributed by atoms with van der Waals surface area (Å²) in [5.74, 6) is -0.691. The van der Waals surface area contributed by atoms with Crippen molar-refractivity contribution in [2.45, 2.75) is 58.2 Å². The molecule has 0 saturated heterocycles. The average Bonchev–Trinajstić information content (AvgIpc) is 3.18. The van der Waals surface area contributed by atoms with E-state index in [9.17, 15) is 92.6 Å². The van der Waals surface area contributed by atoms with Crippen LogP contribution >= 0.6 is 0 Å². The van der Waals surface area contributed by atoms with Crippen LogP contribution in [0.4, 0.5) is 75.4 Å². The minimum atomic E-state index is -4.65. The van der Waals surface area contributed by atoms with Crippen LogP contribution in [-0.4, -0.2) is 26.6 Å². The second-order valence-corrected chi connectivity index (χ2v) is 12.2. The van der Waals surface area contributed by atoms with E-state index in [1.165, 1.54) is 26.0 Å². The Labute approximate surface area is 350 Å². The van der Waals surface area contributed by atoms with Crippen molar-refractivity contribution in [1.29, 1.82) is 5.26 Å². The topological polar surface area (TPSA) is 263 Å². The van der Waals surface area contributed by atoms with E-state index in [1.54, 1.807) is 0 Å². The number of nitrogens with two attached hydrogens (primary N) is 2. The number of nitrogen functional groups attached to an aromatic ring is 1. The van der Waals surface area contributed by atoms with Crippen molar-refractivity contribution >= 4 is 34.6 Å². The van der Waals surface area contributed by atoms with Gasteiger partial charge in [-0.25, -0.2) is 0 Å². The first-order valence-electron chi connectivity index (χ1n) is 16.8. The van der Waals surface area contributed by atoms with Crippen LogP contribution in [0.1, 0.15) is 58.4 Å². The van der Waals surface area contributed by atoms with Gasteiger partial charge in [0.1, 0.15) is 11.6 Å². The lowest BCUT2D eigenvalue weighted by molar-refractivity contribution is -0.385. The number of carbonyl (C=O) groups excluding carboxylic acids is 2. The van der Waals surface area contributed by atoms with Crippen molar-refractivity contribution in [3.63, 3.8) is 0 Å². The predicted molar refractivity (Wildman–Crippen MR) is 198 cm³/mol. The van der Waals surface area contributed by atoms with E-state index in [4.69, 9.17) is 16.7 Å². The van der Waals surface area contributed by atoms with Gasteiger partial charge >= 0.3 is 24.7 Å². The van der Waals surface area contributed by atoms with Crippen molar-refractivity contribution < 1.29 is 77.0 Å². The number of hydrogen-bond donors (Lipinski definition) is 4. The number of hydrogen-bond acceptors (Lipinski definition) is 11. The van der Waals surface area contributed by atoms with Crippen LogP contribution in [-0.2, 0) is 53.9 Å². The highest BCUT2D eigenvalue weighted by Crippen LogP contribution is 2.35. The summed E-state index contributed by atoms with van der Waals surface area (Å²) in [4.78, 5) is 49.9. The third kappa shape index (κ3) is 17.4. The number of amides is 2. The fourth-order valence-electron chi connectivity index (χ4n) is 4.47. The molecule has 0 bridgehead atoms. The van der Waals surface area contributed by atoms with Gasteiger partial charge in [0.2, 0.25) is 11.8 Å². The molecule has 346 valence electrons. The van der Waals surface area contributed by atoms with Gasteiger partial charge in [-0.15, -0.1) is 0 Å². The SMILES string of the molecule is CC(=O)NCc1ccc(C(F)(F)F)cc1N.CC(=O)NCc1ccc(C(F)(F)F)cc1[N+](=O)[O-].N#Cc1ccc(C(F)(F)F)cc1[N+](=O)[O-].NCc1ccc(C(F)(F)F)cc1[N+](=O)[O-]. The van der Waals surface area contributed by atoms with Gasteiger partial charge in [0.25, 0.3) is 17.1 Å². The van der Waals surface area contributed by atoms with Crippen molar-refractivity contribution in [1.82, 2.24) is 10.6 Å². The zero-order chi connectivity index (χ0) is 49.5. The van der Waals surface area contributed by atoms with Crippen LogP contribution in [0.2, 0.25) is 0 Å². The maximum absolute atomic E-state index is 12.4. The molecule has 0 aromatic heterocycles. The molecule has 0 radical (unpaired) electrons. The Hall–Kier alpha value is -7.57. The first kappa shape index (κ1) is 54.4. The average molecular weight is 931 g/mol. The second kappa shape index (κ2) is 22.5. The maximum atomic E-state index is 12.4. The van der Waals surface area contributed by atoms with Gasteiger partial charge in [0.15, 0.2) is 0 Å². The lowest BCUT2D eigenvalue weighted by Crippen LogP contribution is -2.20. The van der Waals surface area contributed by atoms with E-state index in [0.29, 0.717) is 29.8 Å². The lowest BCUT2D eigenvalue weighted by atomic mass is 10.1. The molecule has 0 aliphatic rings. The largest absolute Gasteiger partial charge is 0.416 e. The number of anilines is 1. The Bertz CT molecular complexity index is 2380. The van der Waals surface area contributed by atoms with Crippen molar-refractivity contribution in [3.05, 3.63) is 148 Å². The molecule has 0 unspecified atom stereocenters. The molecule has 4 rings (SSSR count). The molecule has 28 heteroatoms. The van der Waals surface area contributed by atoms with Crippen molar-refractivity contribution in [3.8, 4) is 6.07 Å². The molecule has 4 aromatic carbocycles. The third-order valence-electron chi connectivity index (χ3n) is 7.61. The Morgan fingerprint density at radius 1 is 0.562 bits per heavy atom. The van der Waals surface area contributed by atoms with E-state index in [-0.39, 0.29) is 42.4 Å². The fourth-order valence-corrected chi connectivity index (χ4v) is 4.47. The van der Waals surface area contributed by atoms with E-state index in [0.717, 1.165) is 42.5 Å². The predicted octanol–water partition coefficient (Wildman–Crippen LogP) is 8.73. The Morgan fingerprint density at radius 3 is 1.20 bits per heavy atom. The number of benzene rings is 4. The van der Waals surface area contributed by atoms with E-state index < -0.39 is 90.3 Å². The molecule has 0 spiro atoms. The number of nitriles is 1. The maximum Gasteiger partial charge on any atom is 0.416 e. The smallest absolute Gasteiger partial charge is 0.398 e. The van der Waals surface area contributed by atoms with Crippen LogP contribution in [0.25, 0.3) is 0 Å². The van der Waals surface area contributed by atoms with Gasteiger partial charge in [0, 0.05) is 68.5 Å². The Balaban J connectivity index is 0.000000428. The number of alkyl halides is 12. The normalized spacial score (nSPS) is 11.2. The van der Waals surface area contributed by atoms with Crippen LogP contribution < -0.4 is 22.1 Å². The molecule has 2 amide bonds. The minimum Gasteiger partial charge on any atom is -0.398 e. The van der Waals surface area contributed by atoms with Gasteiger partial charge in [0.05, 0.1) is 37.0 Å². The second-order valence-electron chi connectivity index (χ2n) is 12.2. The molecule has 0 heterocycles. The molecular weight excluding hydrogens is 900 g/mol. The number of carbonyl (C=O) groups is 2. The summed E-state index contributed by atoms with van der Waals surface area (Å²) in [7, 11) is 0. The molecule has 0 aliphatic carbocycles. The van der Waals surface area contributed by atoms with Gasteiger partial charge in [-0.3, -0.25) is 39.9 Å². The molecule has 0 saturated carbocycles. The minimum absolute atomic E-state index is 0.0169. The zero-order valence-corrected chi connectivity index (χ0v) is 32.3. The Morgan fingerprint density at radius 2 is 0.875 bits per heavy atom. The highest BCUT2D eigenvalue weighted by Gasteiger charge is 2.35. The van der Waals surface area contributed by atoms with E-state index in [1.807, 2.05) is 0 Å². The summed E-state index contributed by atoms with van der Waals surface area (Å²) in [6.45, 7) is 2.29. The van der Waals surface area contributed by atoms with Gasteiger partial charge in [-0.05, 0) is 48.0 Å². The van der Waals surface area contributed by atoms with Crippen LogP contribution in [0.15, 0.2) is 72.8 Å². The summed E-state index contributed by atoms with van der Waals surface area (Å²) in [6.07, 6.45) is -18.3. The molecule has 4 aromatic rings. The number of rotatable bonds is 8. The number of halogens is 12.